The maximum atomic E-state index is 11.1. The molecule has 4 heteroatoms. The minimum Gasteiger partial charge on any atom is -0.478 e. The van der Waals surface area contributed by atoms with Gasteiger partial charge >= 0.3 is 5.97 Å². The molecule has 96 valence electrons. The Morgan fingerprint density at radius 2 is 1.94 bits per heavy atom. The van der Waals surface area contributed by atoms with Crippen LogP contribution in [0, 0.1) is 5.41 Å². The number of nitrogens with zero attached hydrogens (tertiary/aromatic N) is 1. The van der Waals surface area contributed by atoms with Crippen LogP contribution in [0.2, 0.25) is 0 Å². The van der Waals surface area contributed by atoms with Crippen LogP contribution in [-0.4, -0.2) is 24.2 Å². The van der Waals surface area contributed by atoms with Crippen LogP contribution in [0.5, 0.6) is 0 Å². The summed E-state index contributed by atoms with van der Waals surface area (Å²) in [5.41, 5.74) is 1.92. The van der Waals surface area contributed by atoms with Gasteiger partial charge in [0, 0.05) is 28.7 Å². The highest BCUT2D eigenvalue weighted by atomic mass is 79.9. The minimum atomic E-state index is -0.875. The smallest absolute Gasteiger partial charge is 0.336 e. The molecule has 1 aromatic rings. The van der Waals surface area contributed by atoms with Crippen LogP contribution in [0.15, 0.2) is 22.7 Å². The van der Waals surface area contributed by atoms with Crippen molar-refractivity contribution >= 4 is 27.6 Å². The number of anilines is 1. The van der Waals surface area contributed by atoms with Gasteiger partial charge in [0.1, 0.15) is 0 Å². The molecule has 3 rings (SSSR count). The molecule has 18 heavy (non-hydrogen) atoms. The largest absolute Gasteiger partial charge is 0.478 e. The molecular weight excluding hydrogens is 294 g/mol. The summed E-state index contributed by atoms with van der Waals surface area (Å²) in [6.45, 7) is 2.18. The van der Waals surface area contributed by atoms with Gasteiger partial charge in [-0.1, -0.05) is 12.8 Å². The summed E-state index contributed by atoms with van der Waals surface area (Å²) in [6, 6.07) is 5.60. The third kappa shape index (κ3) is 1.92. The Labute approximate surface area is 115 Å². The number of carboxylic acids is 1. The highest BCUT2D eigenvalue weighted by Crippen LogP contribution is 2.47. The first-order valence-corrected chi connectivity index (χ1v) is 7.17. The Morgan fingerprint density at radius 1 is 1.28 bits per heavy atom. The second kappa shape index (κ2) is 4.26. The molecule has 1 heterocycles. The van der Waals surface area contributed by atoms with Crippen LogP contribution < -0.4 is 4.90 Å². The van der Waals surface area contributed by atoms with E-state index in [0.717, 1.165) is 18.8 Å². The normalized spacial score (nSPS) is 21.1. The van der Waals surface area contributed by atoms with E-state index in [9.17, 15) is 4.79 Å². The highest BCUT2D eigenvalue weighted by molar-refractivity contribution is 9.10. The van der Waals surface area contributed by atoms with Crippen molar-refractivity contribution < 1.29 is 9.90 Å². The summed E-state index contributed by atoms with van der Waals surface area (Å²) in [6.07, 6.45) is 5.39. The standard InChI is InChI=1S/C14H16BrNO2/c15-12-4-3-10(7-11(12)13(17)18)16-8-14(9-16)5-1-2-6-14/h3-4,7H,1-2,5-6,8-9H2,(H,17,18). The molecule has 2 aliphatic rings. The summed E-state index contributed by atoms with van der Waals surface area (Å²) >= 11 is 3.28. The van der Waals surface area contributed by atoms with E-state index >= 15 is 0 Å². The van der Waals surface area contributed by atoms with Gasteiger partial charge in [0.2, 0.25) is 0 Å². The molecule has 1 aromatic carbocycles. The molecule has 0 unspecified atom stereocenters. The lowest BCUT2D eigenvalue weighted by Crippen LogP contribution is -2.55. The molecule has 1 spiro atoms. The van der Waals surface area contributed by atoms with E-state index in [1.54, 1.807) is 6.07 Å². The van der Waals surface area contributed by atoms with E-state index in [1.807, 2.05) is 12.1 Å². The van der Waals surface area contributed by atoms with Gasteiger partial charge in [-0.3, -0.25) is 0 Å². The molecule has 0 atom stereocenters. The molecule has 0 bridgehead atoms. The van der Waals surface area contributed by atoms with E-state index in [4.69, 9.17) is 5.11 Å². The van der Waals surface area contributed by atoms with Crippen LogP contribution in [0.25, 0.3) is 0 Å². The maximum absolute atomic E-state index is 11.1. The van der Waals surface area contributed by atoms with Crippen molar-refractivity contribution in [2.24, 2.45) is 5.41 Å². The Hall–Kier alpha value is -1.03. The lowest BCUT2D eigenvalue weighted by atomic mass is 9.78. The highest BCUT2D eigenvalue weighted by Gasteiger charge is 2.44. The Kier molecular flexibility index (Phi) is 2.85. The van der Waals surface area contributed by atoms with Crippen LogP contribution in [-0.2, 0) is 0 Å². The number of halogens is 1. The number of aromatic carboxylic acids is 1. The topological polar surface area (TPSA) is 40.5 Å². The summed E-state index contributed by atoms with van der Waals surface area (Å²) in [5, 5.41) is 9.12. The average molecular weight is 310 g/mol. The van der Waals surface area contributed by atoms with Crippen LogP contribution in [0.3, 0.4) is 0 Å². The summed E-state index contributed by atoms with van der Waals surface area (Å²) in [5.74, 6) is -0.875. The SMILES string of the molecule is O=C(O)c1cc(N2CC3(CCCC3)C2)ccc1Br. The third-order valence-corrected chi connectivity index (χ3v) is 4.95. The first-order chi connectivity index (χ1) is 8.60. The fraction of sp³-hybridized carbons (Fsp3) is 0.500. The third-order valence-electron chi connectivity index (χ3n) is 4.26. The van der Waals surface area contributed by atoms with Gasteiger partial charge in [-0.25, -0.2) is 4.79 Å². The molecule has 1 aliphatic heterocycles. The molecule has 0 aromatic heterocycles. The van der Waals surface area contributed by atoms with E-state index in [-0.39, 0.29) is 0 Å². The molecule has 0 radical (unpaired) electrons. The minimum absolute atomic E-state index is 0.347. The van der Waals surface area contributed by atoms with Crippen molar-refractivity contribution in [2.75, 3.05) is 18.0 Å². The van der Waals surface area contributed by atoms with Crippen LogP contribution in [0.1, 0.15) is 36.0 Å². The number of benzene rings is 1. The number of hydrogen-bond donors (Lipinski definition) is 1. The summed E-state index contributed by atoms with van der Waals surface area (Å²) < 4.78 is 0.648. The Bertz CT molecular complexity index is 487. The zero-order valence-electron chi connectivity index (χ0n) is 10.2. The number of carbonyl (C=O) groups is 1. The molecular formula is C14H16BrNO2. The zero-order valence-corrected chi connectivity index (χ0v) is 11.7. The molecule has 1 aliphatic carbocycles. The molecule has 2 fully saturated rings. The number of hydrogen-bond acceptors (Lipinski definition) is 2. The molecule has 1 saturated heterocycles. The van der Waals surface area contributed by atoms with Crippen molar-refractivity contribution in [3.05, 3.63) is 28.2 Å². The Morgan fingerprint density at radius 3 is 2.56 bits per heavy atom. The van der Waals surface area contributed by atoms with Crippen molar-refractivity contribution in [3.63, 3.8) is 0 Å². The molecule has 1 saturated carbocycles. The summed E-state index contributed by atoms with van der Waals surface area (Å²) in [7, 11) is 0. The van der Waals surface area contributed by atoms with E-state index in [2.05, 4.69) is 20.8 Å². The molecule has 0 amide bonds. The van der Waals surface area contributed by atoms with Crippen LogP contribution >= 0.6 is 15.9 Å². The van der Waals surface area contributed by atoms with Crippen molar-refractivity contribution in [3.8, 4) is 0 Å². The van der Waals surface area contributed by atoms with Gasteiger partial charge in [0.25, 0.3) is 0 Å². The monoisotopic (exact) mass is 309 g/mol. The van der Waals surface area contributed by atoms with Gasteiger partial charge in [-0.2, -0.15) is 0 Å². The average Bonchev–Trinajstić information content (AvgIpc) is 2.76. The van der Waals surface area contributed by atoms with Gasteiger partial charge in [0.15, 0.2) is 0 Å². The van der Waals surface area contributed by atoms with Crippen molar-refractivity contribution in [1.82, 2.24) is 0 Å². The van der Waals surface area contributed by atoms with Gasteiger partial charge in [0.05, 0.1) is 5.56 Å². The fourth-order valence-electron chi connectivity index (χ4n) is 3.26. The lowest BCUT2D eigenvalue weighted by molar-refractivity contribution is 0.0696. The van der Waals surface area contributed by atoms with E-state index in [0.29, 0.717) is 15.5 Å². The fourth-order valence-corrected chi connectivity index (χ4v) is 3.68. The first-order valence-electron chi connectivity index (χ1n) is 6.38. The first kappa shape index (κ1) is 12.0. The predicted molar refractivity (Wildman–Crippen MR) is 74.2 cm³/mol. The van der Waals surface area contributed by atoms with E-state index in [1.165, 1.54) is 25.7 Å². The predicted octanol–water partition coefficient (Wildman–Crippen LogP) is 3.53. The van der Waals surface area contributed by atoms with Gasteiger partial charge < -0.3 is 10.0 Å². The molecule has 1 N–H and O–H groups in total. The van der Waals surface area contributed by atoms with Gasteiger partial charge in [-0.05, 0) is 47.0 Å². The van der Waals surface area contributed by atoms with E-state index < -0.39 is 5.97 Å². The zero-order chi connectivity index (χ0) is 12.8. The molecule has 3 nitrogen and oxygen atoms in total. The van der Waals surface area contributed by atoms with Crippen molar-refractivity contribution in [1.29, 1.82) is 0 Å². The second-order valence-corrected chi connectivity index (χ2v) is 6.39. The maximum Gasteiger partial charge on any atom is 0.336 e. The lowest BCUT2D eigenvalue weighted by Gasteiger charge is -2.49. The summed E-state index contributed by atoms with van der Waals surface area (Å²) in [4.78, 5) is 13.4. The second-order valence-electron chi connectivity index (χ2n) is 5.53. The van der Waals surface area contributed by atoms with Crippen molar-refractivity contribution in [2.45, 2.75) is 25.7 Å². The number of rotatable bonds is 2. The van der Waals surface area contributed by atoms with Gasteiger partial charge in [-0.15, -0.1) is 0 Å². The van der Waals surface area contributed by atoms with Crippen LogP contribution in [0.4, 0.5) is 5.69 Å². The number of carboxylic acid groups (broad SMARTS) is 1. The quantitative estimate of drug-likeness (QED) is 0.908. The Balaban J connectivity index is 1.78.